The van der Waals surface area contributed by atoms with Crippen LogP contribution in [0.3, 0.4) is 0 Å². The molecule has 1 saturated heterocycles. The highest BCUT2D eigenvalue weighted by Gasteiger charge is 2.48. The maximum atomic E-state index is 12.5. The van der Waals surface area contributed by atoms with E-state index in [2.05, 4.69) is 4.90 Å². The molecule has 0 radical (unpaired) electrons. The molecule has 7 nitrogen and oxygen atoms in total. The Morgan fingerprint density at radius 3 is 2.67 bits per heavy atom. The van der Waals surface area contributed by atoms with Crippen molar-refractivity contribution in [3.8, 4) is 0 Å². The zero-order valence-corrected chi connectivity index (χ0v) is 14.7. The van der Waals surface area contributed by atoms with Gasteiger partial charge < -0.3 is 19.7 Å². The number of carbonyl (C=O) groups excluding carboxylic acids is 2. The van der Waals surface area contributed by atoms with Crippen LogP contribution in [0.15, 0.2) is 11.6 Å². The summed E-state index contributed by atoms with van der Waals surface area (Å²) in [5.41, 5.74) is -1.07. The second kappa shape index (κ2) is 7.21. The van der Waals surface area contributed by atoms with Crippen LogP contribution in [-0.4, -0.2) is 70.6 Å². The van der Waals surface area contributed by atoms with Gasteiger partial charge in [-0.2, -0.15) is 0 Å². The smallest absolute Gasteiger partial charge is 0.342 e. The van der Waals surface area contributed by atoms with Gasteiger partial charge in [-0.3, -0.25) is 9.69 Å². The molecule has 2 aliphatic heterocycles. The highest BCUT2D eigenvalue weighted by molar-refractivity contribution is 5.81. The van der Waals surface area contributed by atoms with Crippen LogP contribution in [0, 0.1) is 5.92 Å². The van der Waals surface area contributed by atoms with Gasteiger partial charge in [-0.05, 0) is 24.8 Å². The number of rotatable bonds is 6. The molecule has 2 aliphatic rings. The fourth-order valence-corrected chi connectivity index (χ4v) is 3.50. The summed E-state index contributed by atoms with van der Waals surface area (Å²) in [5, 5.41) is 20.8. The number of nitrogens with zero attached hydrogens (tertiary/aromatic N) is 1. The van der Waals surface area contributed by atoms with Crippen molar-refractivity contribution in [1.29, 1.82) is 0 Å². The molecule has 0 spiro atoms. The standard InChI is InChI=1S/C17H27NO6/c1-10(2)17(22,11(3)24-12(4)19)16(21)23-9-13-5-7-18-8-6-14(20)15(13)18/h5,10-11,14-15,20,22H,6-9H2,1-4H3/t11-,14-,15+,17-/m0/s1. The Kier molecular flexibility index (Phi) is 5.67. The number of ether oxygens (including phenoxy) is 2. The van der Waals surface area contributed by atoms with Crippen LogP contribution in [0.25, 0.3) is 0 Å². The Hall–Kier alpha value is -1.44. The third-order valence-corrected chi connectivity index (χ3v) is 4.98. The van der Waals surface area contributed by atoms with E-state index in [0.29, 0.717) is 6.42 Å². The van der Waals surface area contributed by atoms with Gasteiger partial charge in [-0.15, -0.1) is 0 Å². The van der Waals surface area contributed by atoms with E-state index in [1.807, 2.05) is 6.08 Å². The predicted octanol–water partition coefficient (Wildman–Crippen LogP) is 0.244. The third kappa shape index (κ3) is 3.48. The summed E-state index contributed by atoms with van der Waals surface area (Å²) in [6.07, 6.45) is 1.18. The lowest BCUT2D eigenvalue weighted by atomic mass is 9.85. The predicted molar refractivity (Wildman–Crippen MR) is 86.0 cm³/mol. The number of hydrogen-bond donors (Lipinski definition) is 2. The van der Waals surface area contributed by atoms with Gasteiger partial charge in [-0.25, -0.2) is 4.79 Å². The maximum absolute atomic E-state index is 12.5. The first kappa shape index (κ1) is 18.9. The summed E-state index contributed by atoms with van der Waals surface area (Å²) >= 11 is 0. The average molecular weight is 341 g/mol. The van der Waals surface area contributed by atoms with Crippen LogP contribution >= 0.6 is 0 Å². The van der Waals surface area contributed by atoms with E-state index in [1.54, 1.807) is 13.8 Å². The Morgan fingerprint density at radius 2 is 2.08 bits per heavy atom. The van der Waals surface area contributed by atoms with E-state index >= 15 is 0 Å². The minimum absolute atomic E-state index is 0.0128. The average Bonchev–Trinajstić information content (AvgIpc) is 3.06. The molecule has 0 aromatic carbocycles. The molecule has 136 valence electrons. The van der Waals surface area contributed by atoms with Gasteiger partial charge in [-0.1, -0.05) is 19.9 Å². The van der Waals surface area contributed by atoms with Gasteiger partial charge >= 0.3 is 11.9 Å². The Balaban J connectivity index is 2.02. The Labute approximate surface area is 142 Å². The fraction of sp³-hybridized carbons (Fsp3) is 0.765. The van der Waals surface area contributed by atoms with Crippen molar-refractivity contribution >= 4 is 11.9 Å². The zero-order valence-electron chi connectivity index (χ0n) is 14.7. The SMILES string of the molecule is CC(=O)O[C@@H](C)[C@](O)(C(=O)OCC1=CCN2CC[C@H](O)[C@@H]12)C(C)C. The molecule has 0 bridgehead atoms. The van der Waals surface area contributed by atoms with Crippen molar-refractivity contribution in [2.24, 2.45) is 5.92 Å². The van der Waals surface area contributed by atoms with Gasteiger partial charge in [0.15, 0.2) is 0 Å². The van der Waals surface area contributed by atoms with Crippen molar-refractivity contribution in [3.05, 3.63) is 11.6 Å². The lowest BCUT2D eigenvalue weighted by Crippen LogP contribution is -2.55. The molecule has 0 aromatic rings. The first-order chi connectivity index (χ1) is 11.2. The molecule has 2 N–H and O–H groups in total. The van der Waals surface area contributed by atoms with Crippen LogP contribution in [0.2, 0.25) is 0 Å². The Morgan fingerprint density at radius 1 is 1.42 bits per heavy atom. The molecule has 2 heterocycles. The van der Waals surface area contributed by atoms with Crippen molar-refractivity contribution in [2.45, 2.75) is 58.0 Å². The van der Waals surface area contributed by atoms with E-state index in [9.17, 15) is 19.8 Å². The molecule has 0 unspecified atom stereocenters. The fourth-order valence-electron chi connectivity index (χ4n) is 3.50. The first-order valence-corrected chi connectivity index (χ1v) is 8.35. The molecule has 24 heavy (non-hydrogen) atoms. The maximum Gasteiger partial charge on any atom is 0.342 e. The monoisotopic (exact) mass is 341 g/mol. The van der Waals surface area contributed by atoms with Gasteiger partial charge in [0.05, 0.1) is 12.1 Å². The molecule has 7 heteroatoms. The molecule has 1 fully saturated rings. The molecule has 0 saturated carbocycles. The van der Waals surface area contributed by atoms with Crippen molar-refractivity contribution < 1.29 is 29.3 Å². The number of carbonyl (C=O) groups is 2. The van der Waals surface area contributed by atoms with Crippen molar-refractivity contribution in [1.82, 2.24) is 4.90 Å². The van der Waals surface area contributed by atoms with E-state index in [1.165, 1.54) is 13.8 Å². The summed E-state index contributed by atoms with van der Waals surface area (Å²) in [7, 11) is 0. The van der Waals surface area contributed by atoms with Crippen LogP contribution in [-0.2, 0) is 19.1 Å². The summed E-state index contributed by atoms with van der Waals surface area (Å²) in [6, 6.07) is -0.115. The molecule has 0 aromatic heterocycles. The highest BCUT2D eigenvalue weighted by atomic mass is 16.6. The van der Waals surface area contributed by atoms with Crippen molar-refractivity contribution in [2.75, 3.05) is 19.7 Å². The summed E-state index contributed by atoms with van der Waals surface area (Å²) in [6.45, 7) is 7.59. The van der Waals surface area contributed by atoms with Gasteiger partial charge in [0.1, 0.15) is 12.7 Å². The summed E-state index contributed by atoms with van der Waals surface area (Å²) in [4.78, 5) is 25.8. The first-order valence-electron chi connectivity index (χ1n) is 8.35. The van der Waals surface area contributed by atoms with E-state index in [-0.39, 0.29) is 12.6 Å². The summed E-state index contributed by atoms with van der Waals surface area (Å²) < 4.78 is 10.3. The normalized spacial score (nSPS) is 27.4. The van der Waals surface area contributed by atoms with E-state index in [0.717, 1.165) is 18.7 Å². The molecule has 2 rings (SSSR count). The highest BCUT2D eigenvalue weighted by Crippen LogP contribution is 2.30. The molecule has 4 atom stereocenters. The largest absolute Gasteiger partial charge is 0.459 e. The van der Waals surface area contributed by atoms with Crippen molar-refractivity contribution in [3.63, 3.8) is 0 Å². The molecular weight excluding hydrogens is 314 g/mol. The second-order valence-corrected chi connectivity index (χ2v) is 6.88. The van der Waals surface area contributed by atoms with Gasteiger partial charge in [0, 0.05) is 20.0 Å². The van der Waals surface area contributed by atoms with E-state index < -0.39 is 35.7 Å². The van der Waals surface area contributed by atoms with Crippen LogP contribution in [0.4, 0.5) is 0 Å². The third-order valence-electron chi connectivity index (χ3n) is 4.98. The van der Waals surface area contributed by atoms with E-state index in [4.69, 9.17) is 9.47 Å². The van der Waals surface area contributed by atoms with Crippen LogP contribution in [0.1, 0.15) is 34.1 Å². The number of esters is 2. The lowest BCUT2D eigenvalue weighted by molar-refractivity contribution is -0.192. The van der Waals surface area contributed by atoms with Gasteiger partial charge in [0.2, 0.25) is 5.60 Å². The minimum Gasteiger partial charge on any atom is -0.459 e. The Bertz CT molecular complexity index is 531. The number of aliphatic hydroxyl groups excluding tert-OH is 1. The zero-order chi connectivity index (χ0) is 18.1. The lowest BCUT2D eigenvalue weighted by Gasteiger charge is -2.34. The van der Waals surface area contributed by atoms with Crippen LogP contribution in [0.5, 0.6) is 0 Å². The molecule has 0 amide bonds. The second-order valence-electron chi connectivity index (χ2n) is 6.88. The number of aliphatic hydroxyl groups is 2. The molecule has 0 aliphatic carbocycles. The number of fused-ring (bicyclic) bond motifs is 1. The number of hydrogen-bond acceptors (Lipinski definition) is 7. The van der Waals surface area contributed by atoms with Gasteiger partial charge in [0.25, 0.3) is 0 Å². The summed E-state index contributed by atoms with van der Waals surface area (Å²) in [5.74, 6) is -1.89. The topological polar surface area (TPSA) is 96.3 Å². The minimum atomic E-state index is -1.92. The quantitative estimate of drug-likeness (QED) is 0.528. The van der Waals surface area contributed by atoms with Crippen LogP contribution < -0.4 is 0 Å². The molecular formula is C17H27NO6.